The summed E-state index contributed by atoms with van der Waals surface area (Å²) in [5, 5.41) is 0.534. The van der Waals surface area contributed by atoms with Gasteiger partial charge < -0.3 is 4.90 Å². The van der Waals surface area contributed by atoms with E-state index in [0.29, 0.717) is 17.3 Å². The van der Waals surface area contributed by atoms with Gasteiger partial charge in [-0.15, -0.1) is 0 Å². The van der Waals surface area contributed by atoms with Gasteiger partial charge in [0.15, 0.2) is 0 Å². The average Bonchev–Trinajstić information content (AvgIpc) is 2.24. The molecule has 1 heterocycles. The van der Waals surface area contributed by atoms with Gasteiger partial charge in [-0.3, -0.25) is 9.78 Å². The zero-order valence-corrected chi connectivity index (χ0v) is 10.3. The molecule has 0 aliphatic heterocycles. The number of nitrogens with zero attached hydrogens (tertiary/aromatic N) is 2. The van der Waals surface area contributed by atoms with Crippen LogP contribution < -0.4 is 0 Å². The summed E-state index contributed by atoms with van der Waals surface area (Å²) >= 11 is 7.49. The molecule has 0 fully saturated rings. The Morgan fingerprint density at radius 2 is 2.40 bits per heavy atom. The summed E-state index contributed by atoms with van der Waals surface area (Å²) in [5.41, 5.74) is 0.395. The number of thioether (sulfide) groups is 1. The standard InChI is InChI=1S/C10H13ClN2OS/c1-13(5-6-15-2)10(14)9-7-8(11)3-4-12-9/h3-4,7H,5-6H2,1-2H3. The zero-order valence-electron chi connectivity index (χ0n) is 8.74. The molecule has 1 rings (SSSR count). The third-order valence-corrected chi connectivity index (χ3v) is 2.74. The van der Waals surface area contributed by atoms with Crippen molar-refractivity contribution in [2.24, 2.45) is 0 Å². The largest absolute Gasteiger partial charge is 0.340 e. The highest BCUT2D eigenvalue weighted by molar-refractivity contribution is 7.98. The van der Waals surface area contributed by atoms with Crippen molar-refractivity contribution in [1.29, 1.82) is 0 Å². The molecule has 0 aliphatic rings. The van der Waals surface area contributed by atoms with Crippen LogP contribution in [0.15, 0.2) is 18.3 Å². The second-order valence-corrected chi connectivity index (χ2v) is 4.50. The minimum atomic E-state index is -0.0912. The zero-order chi connectivity index (χ0) is 11.3. The number of hydrogen-bond acceptors (Lipinski definition) is 3. The first-order chi connectivity index (χ1) is 7.15. The Morgan fingerprint density at radius 3 is 3.00 bits per heavy atom. The van der Waals surface area contributed by atoms with E-state index in [9.17, 15) is 4.79 Å². The van der Waals surface area contributed by atoms with Crippen molar-refractivity contribution in [3.8, 4) is 0 Å². The van der Waals surface area contributed by atoms with Crippen LogP contribution in [0.5, 0.6) is 0 Å². The maximum absolute atomic E-state index is 11.8. The lowest BCUT2D eigenvalue weighted by Crippen LogP contribution is -2.29. The summed E-state index contributed by atoms with van der Waals surface area (Å²) in [6, 6.07) is 3.24. The first-order valence-corrected chi connectivity index (χ1v) is 6.28. The van der Waals surface area contributed by atoms with Crippen LogP contribution in [0.2, 0.25) is 5.02 Å². The van der Waals surface area contributed by atoms with Crippen molar-refractivity contribution in [3.63, 3.8) is 0 Å². The van der Waals surface area contributed by atoms with E-state index in [1.165, 1.54) is 6.20 Å². The van der Waals surface area contributed by atoms with Crippen LogP contribution >= 0.6 is 23.4 Å². The molecule has 0 radical (unpaired) electrons. The lowest BCUT2D eigenvalue weighted by molar-refractivity contribution is 0.0798. The molecule has 1 amide bonds. The van der Waals surface area contributed by atoms with E-state index in [4.69, 9.17) is 11.6 Å². The van der Waals surface area contributed by atoms with Crippen LogP contribution in [0.25, 0.3) is 0 Å². The summed E-state index contributed by atoms with van der Waals surface area (Å²) in [5.74, 6) is 0.828. The van der Waals surface area contributed by atoms with Gasteiger partial charge in [0.25, 0.3) is 5.91 Å². The van der Waals surface area contributed by atoms with Crippen LogP contribution in [-0.2, 0) is 0 Å². The number of carbonyl (C=O) groups is 1. The Balaban J connectivity index is 2.67. The van der Waals surface area contributed by atoms with Crippen molar-refractivity contribution >= 4 is 29.3 Å². The molecule has 0 spiro atoms. The molecule has 0 saturated heterocycles. The van der Waals surface area contributed by atoms with Crippen LogP contribution in [0, 0.1) is 0 Å². The van der Waals surface area contributed by atoms with Gasteiger partial charge >= 0.3 is 0 Å². The van der Waals surface area contributed by atoms with Crippen LogP contribution in [-0.4, -0.2) is 41.4 Å². The number of hydrogen-bond donors (Lipinski definition) is 0. The maximum Gasteiger partial charge on any atom is 0.272 e. The smallest absolute Gasteiger partial charge is 0.272 e. The fourth-order valence-corrected chi connectivity index (χ4v) is 1.66. The molecule has 0 aromatic carbocycles. The Labute approximate surface area is 98.8 Å². The normalized spacial score (nSPS) is 10.1. The van der Waals surface area contributed by atoms with E-state index in [1.54, 1.807) is 35.8 Å². The van der Waals surface area contributed by atoms with Crippen LogP contribution in [0.3, 0.4) is 0 Å². The monoisotopic (exact) mass is 244 g/mol. The molecular formula is C10H13ClN2OS. The second kappa shape index (κ2) is 5.98. The highest BCUT2D eigenvalue weighted by Crippen LogP contribution is 2.09. The predicted molar refractivity (Wildman–Crippen MR) is 64.6 cm³/mol. The van der Waals surface area contributed by atoms with E-state index < -0.39 is 0 Å². The Hall–Kier alpha value is -0.740. The average molecular weight is 245 g/mol. The molecular weight excluding hydrogens is 232 g/mol. The number of rotatable bonds is 4. The van der Waals surface area contributed by atoms with Gasteiger partial charge in [0.1, 0.15) is 5.69 Å². The Morgan fingerprint density at radius 1 is 1.67 bits per heavy atom. The highest BCUT2D eigenvalue weighted by atomic mass is 35.5. The third kappa shape index (κ3) is 3.72. The van der Waals surface area contributed by atoms with Crippen LogP contribution in [0.1, 0.15) is 10.5 Å². The first-order valence-electron chi connectivity index (χ1n) is 4.51. The minimum Gasteiger partial charge on any atom is -0.340 e. The van der Waals surface area contributed by atoms with E-state index in [-0.39, 0.29) is 5.91 Å². The molecule has 1 aromatic heterocycles. The molecule has 0 saturated carbocycles. The van der Waals surface area contributed by atoms with Crippen molar-refractivity contribution in [2.45, 2.75) is 0 Å². The Bertz CT molecular complexity index is 346. The van der Waals surface area contributed by atoms with Gasteiger partial charge in [-0.1, -0.05) is 11.6 Å². The lowest BCUT2D eigenvalue weighted by atomic mass is 10.3. The summed E-state index contributed by atoms with van der Waals surface area (Å²) in [6.07, 6.45) is 3.55. The quantitative estimate of drug-likeness (QED) is 0.814. The molecule has 0 atom stereocenters. The number of carbonyl (C=O) groups excluding carboxylic acids is 1. The van der Waals surface area contributed by atoms with Gasteiger partial charge in [-0.25, -0.2) is 0 Å². The number of amides is 1. The Kier molecular flexibility index (Phi) is 4.91. The second-order valence-electron chi connectivity index (χ2n) is 3.08. The fraction of sp³-hybridized carbons (Fsp3) is 0.400. The molecule has 1 aromatic rings. The maximum atomic E-state index is 11.8. The van der Waals surface area contributed by atoms with Gasteiger partial charge in [0.2, 0.25) is 0 Å². The molecule has 0 unspecified atom stereocenters. The summed E-state index contributed by atoms with van der Waals surface area (Å²) in [4.78, 5) is 17.4. The lowest BCUT2D eigenvalue weighted by Gasteiger charge is -2.15. The molecule has 0 aliphatic carbocycles. The fourth-order valence-electron chi connectivity index (χ4n) is 1.05. The van der Waals surface area contributed by atoms with Crippen molar-refractivity contribution in [1.82, 2.24) is 9.88 Å². The first kappa shape index (κ1) is 12.3. The van der Waals surface area contributed by atoms with E-state index >= 15 is 0 Å². The van der Waals surface area contributed by atoms with Crippen molar-refractivity contribution in [2.75, 3.05) is 25.6 Å². The van der Waals surface area contributed by atoms with E-state index in [0.717, 1.165) is 5.75 Å². The highest BCUT2D eigenvalue weighted by Gasteiger charge is 2.12. The van der Waals surface area contributed by atoms with Gasteiger partial charge in [0.05, 0.1) is 0 Å². The van der Waals surface area contributed by atoms with Crippen molar-refractivity contribution in [3.05, 3.63) is 29.0 Å². The summed E-state index contributed by atoms with van der Waals surface area (Å²) in [7, 11) is 1.77. The van der Waals surface area contributed by atoms with E-state index in [2.05, 4.69) is 4.98 Å². The molecule has 0 N–H and O–H groups in total. The van der Waals surface area contributed by atoms with Gasteiger partial charge in [0, 0.05) is 30.6 Å². The minimum absolute atomic E-state index is 0.0912. The molecule has 5 heteroatoms. The SMILES string of the molecule is CSCCN(C)C(=O)c1cc(Cl)ccn1. The summed E-state index contributed by atoms with van der Waals surface area (Å²) in [6.45, 7) is 0.716. The predicted octanol–water partition coefficient (Wildman–Crippen LogP) is 2.17. The van der Waals surface area contributed by atoms with Crippen molar-refractivity contribution < 1.29 is 4.79 Å². The van der Waals surface area contributed by atoms with Gasteiger partial charge in [-0.2, -0.15) is 11.8 Å². The third-order valence-electron chi connectivity index (χ3n) is 1.92. The number of pyridine rings is 1. The van der Waals surface area contributed by atoms with E-state index in [1.807, 2.05) is 6.26 Å². The number of halogens is 1. The molecule has 82 valence electrons. The topological polar surface area (TPSA) is 33.2 Å². The molecule has 3 nitrogen and oxygen atoms in total. The number of aromatic nitrogens is 1. The molecule has 0 bridgehead atoms. The summed E-state index contributed by atoms with van der Waals surface area (Å²) < 4.78 is 0. The molecule has 15 heavy (non-hydrogen) atoms. The van der Waals surface area contributed by atoms with Gasteiger partial charge in [-0.05, 0) is 18.4 Å². The van der Waals surface area contributed by atoms with Crippen LogP contribution in [0.4, 0.5) is 0 Å².